The molecule has 0 saturated carbocycles. The second kappa shape index (κ2) is 12.0. The molecule has 1 saturated heterocycles. The molecule has 2 aromatic carbocycles. The molecular formula is C21H26F3N3O5S3. The number of hydrogen-bond donors (Lipinski definition) is 2. The number of thioether (sulfide) groups is 1. The molecule has 1 fully saturated rings. The summed E-state index contributed by atoms with van der Waals surface area (Å²) in [5.74, 6) is 0.513. The van der Waals surface area contributed by atoms with Gasteiger partial charge in [0.1, 0.15) is 0 Å². The summed E-state index contributed by atoms with van der Waals surface area (Å²) in [5, 5.41) is 0. The van der Waals surface area contributed by atoms with Gasteiger partial charge in [-0.2, -0.15) is 13.2 Å². The molecule has 0 aromatic heterocycles. The van der Waals surface area contributed by atoms with Gasteiger partial charge in [0, 0.05) is 29.8 Å². The van der Waals surface area contributed by atoms with Gasteiger partial charge in [0.15, 0.2) is 0 Å². The molecule has 14 heteroatoms. The van der Waals surface area contributed by atoms with Crippen LogP contribution in [0.1, 0.15) is 6.42 Å². The molecule has 0 spiro atoms. The van der Waals surface area contributed by atoms with E-state index >= 15 is 0 Å². The smallest absolute Gasteiger partial charge is 0.379 e. The van der Waals surface area contributed by atoms with Crippen LogP contribution in [0.2, 0.25) is 0 Å². The van der Waals surface area contributed by atoms with Crippen molar-refractivity contribution < 1.29 is 34.7 Å². The molecule has 0 radical (unpaired) electrons. The van der Waals surface area contributed by atoms with Crippen molar-refractivity contribution in [3.63, 3.8) is 0 Å². The number of sulfonamides is 1. The van der Waals surface area contributed by atoms with Crippen molar-refractivity contribution in [2.75, 3.05) is 38.6 Å². The summed E-state index contributed by atoms with van der Waals surface area (Å²) < 4.78 is 92.9. The standard InChI is InChI=1S/C21H26F3N3O5S3/c22-21(23,24)34(28,29)19-7-4-8-20(15-19)35(30,31)26-25-17(9-10-27-11-13-32-14-12-27)16-33-18-5-2-1-3-6-18/h1-8,15,17,25-26H,9-14,16H2/t17-/m1/s1. The molecule has 0 amide bonds. The first-order valence-electron chi connectivity index (χ1n) is 10.7. The number of benzene rings is 2. The molecular weight excluding hydrogens is 527 g/mol. The first-order valence-corrected chi connectivity index (χ1v) is 14.6. The molecule has 1 heterocycles. The van der Waals surface area contributed by atoms with Crippen LogP contribution in [-0.4, -0.2) is 71.9 Å². The Balaban J connectivity index is 1.70. The zero-order valence-electron chi connectivity index (χ0n) is 18.6. The highest BCUT2D eigenvalue weighted by molar-refractivity contribution is 7.99. The number of alkyl halides is 3. The highest BCUT2D eigenvalue weighted by Crippen LogP contribution is 2.31. The second-order valence-corrected chi connectivity index (χ2v) is 12.5. The van der Waals surface area contributed by atoms with Gasteiger partial charge in [-0.1, -0.05) is 24.3 Å². The van der Waals surface area contributed by atoms with Crippen molar-refractivity contribution in [2.45, 2.75) is 32.7 Å². The number of morpholine rings is 1. The monoisotopic (exact) mass is 553 g/mol. The van der Waals surface area contributed by atoms with Crippen LogP contribution in [0, 0.1) is 0 Å². The van der Waals surface area contributed by atoms with Crippen molar-refractivity contribution in [3.8, 4) is 0 Å². The highest BCUT2D eigenvalue weighted by Gasteiger charge is 2.47. The summed E-state index contributed by atoms with van der Waals surface area (Å²) in [6.45, 7) is 3.48. The molecule has 1 aliphatic heterocycles. The minimum Gasteiger partial charge on any atom is -0.379 e. The van der Waals surface area contributed by atoms with Crippen molar-refractivity contribution >= 4 is 31.6 Å². The lowest BCUT2D eigenvalue weighted by Crippen LogP contribution is -2.47. The Morgan fingerprint density at radius 2 is 1.63 bits per heavy atom. The van der Waals surface area contributed by atoms with Gasteiger partial charge in [-0.05, 0) is 43.3 Å². The fraction of sp³-hybridized carbons (Fsp3) is 0.429. The molecule has 2 aromatic rings. The summed E-state index contributed by atoms with van der Waals surface area (Å²) in [7, 11) is -10.0. The summed E-state index contributed by atoms with van der Waals surface area (Å²) in [4.78, 5) is 3.66. The van der Waals surface area contributed by atoms with E-state index in [9.17, 15) is 30.0 Å². The molecule has 0 unspecified atom stereocenters. The Morgan fingerprint density at radius 3 is 2.29 bits per heavy atom. The predicted octanol–water partition coefficient (Wildman–Crippen LogP) is 2.65. The van der Waals surface area contributed by atoms with E-state index in [1.165, 1.54) is 11.8 Å². The fourth-order valence-electron chi connectivity index (χ4n) is 3.24. The lowest BCUT2D eigenvalue weighted by atomic mass is 10.2. The van der Waals surface area contributed by atoms with Crippen molar-refractivity contribution in [1.82, 2.24) is 15.2 Å². The normalized spacial score (nSPS) is 16.8. The maximum atomic E-state index is 12.9. The maximum absolute atomic E-state index is 12.9. The number of hydrazine groups is 1. The molecule has 0 bridgehead atoms. The first kappa shape index (κ1) is 27.9. The summed E-state index contributed by atoms with van der Waals surface area (Å²) in [6.07, 6.45) is 0.588. The Hall–Kier alpha value is -1.68. The largest absolute Gasteiger partial charge is 0.501 e. The van der Waals surface area contributed by atoms with E-state index in [-0.39, 0.29) is 6.04 Å². The van der Waals surface area contributed by atoms with E-state index in [0.717, 1.165) is 30.1 Å². The highest BCUT2D eigenvalue weighted by atomic mass is 32.2. The molecule has 1 aliphatic rings. The summed E-state index contributed by atoms with van der Waals surface area (Å²) in [6, 6.07) is 12.4. The van der Waals surface area contributed by atoms with Crippen LogP contribution >= 0.6 is 11.8 Å². The van der Waals surface area contributed by atoms with Crippen molar-refractivity contribution in [2.24, 2.45) is 0 Å². The number of sulfone groups is 1. The fourth-order valence-corrected chi connectivity index (χ4v) is 6.09. The minimum atomic E-state index is -5.68. The Bertz CT molecular complexity index is 1170. The third kappa shape index (κ3) is 7.90. The molecule has 3 rings (SSSR count). The molecule has 8 nitrogen and oxygen atoms in total. The van der Waals surface area contributed by atoms with Crippen LogP contribution < -0.4 is 10.3 Å². The molecule has 194 valence electrons. The van der Waals surface area contributed by atoms with Crippen LogP contribution in [0.5, 0.6) is 0 Å². The lowest BCUT2D eigenvalue weighted by Gasteiger charge is -2.28. The minimum absolute atomic E-state index is 0.320. The van der Waals surface area contributed by atoms with Crippen LogP contribution in [-0.2, 0) is 24.6 Å². The SMILES string of the molecule is O=S(=O)(NN[C@H](CCN1CCOCC1)CSc1ccccc1)c1cccc(S(=O)(=O)C(F)(F)F)c1. The number of hydrogen-bond acceptors (Lipinski definition) is 8. The second-order valence-electron chi connectivity index (χ2n) is 7.74. The van der Waals surface area contributed by atoms with Crippen LogP contribution in [0.15, 0.2) is 69.3 Å². The molecule has 1 atom stereocenters. The maximum Gasteiger partial charge on any atom is 0.501 e. The van der Waals surface area contributed by atoms with Gasteiger partial charge in [0.2, 0.25) is 0 Å². The third-order valence-electron chi connectivity index (χ3n) is 5.22. The summed E-state index contributed by atoms with van der Waals surface area (Å²) >= 11 is 1.53. The zero-order valence-corrected chi connectivity index (χ0v) is 21.0. The predicted molar refractivity (Wildman–Crippen MR) is 126 cm³/mol. The topological polar surface area (TPSA) is 105 Å². The van der Waals surface area contributed by atoms with Crippen LogP contribution in [0.25, 0.3) is 0 Å². The lowest BCUT2D eigenvalue weighted by molar-refractivity contribution is -0.0436. The quantitative estimate of drug-likeness (QED) is 0.323. The Kier molecular flexibility index (Phi) is 9.60. The van der Waals surface area contributed by atoms with Crippen LogP contribution in [0.4, 0.5) is 13.2 Å². The van der Waals surface area contributed by atoms with Gasteiger partial charge in [-0.25, -0.2) is 22.3 Å². The van der Waals surface area contributed by atoms with E-state index in [1.54, 1.807) is 0 Å². The van der Waals surface area contributed by atoms with Gasteiger partial charge in [0.05, 0.1) is 23.0 Å². The van der Waals surface area contributed by atoms with E-state index in [2.05, 4.69) is 15.2 Å². The Labute approximate surface area is 207 Å². The van der Waals surface area contributed by atoms with E-state index in [4.69, 9.17) is 4.74 Å². The van der Waals surface area contributed by atoms with E-state index in [0.29, 0.717) is 44.1 Å². The number of rotatable bonds is 11. The average Bonchev–Trinajstić information content (AvgIpc) is 2.84. The number of nitrogens with zero attached hydrogens (tertiary/aromatic N) is 1. The molecule has 2 N–H and O–H groups in total. The molecule has 0 aliphatic carbocycles. The summed E-state index contributed by atoms with van der Waals surface area (Å²) in [5.41, 5.74) is -2.77. The number of nitrogens with one attached hydrogen (secondary N) is 2. The number of ether oxygens (including phenoxy) is 1. The van der Waals surface area contributed by atoms with Crippen molar-refractivity contribution in [3.05, 3.63) is 54.6 Å². The van der Waals surface area contributed by atoms with Gasteiger partial charge >= 0.3 is 5.51 Å². The average molecular weight is 554 g/mol. The van der Waals surface area contributed by atoms with Gasteiger partial charge < -0.3 is 4.74 Å². The zero-order chi connectivity index (χ0) is 25.5. The van der Waals surface area contributed by atoms with Gasteiger partial charge in [-0.3, -0.25) is 4.90 Å². The van der Waals surface area contributed by atoms with Gasteiger partial charge in [0.25, 0.3) is 19.9 Å². The molecule has 35 heavy (non-hydrogen) atoms. The number of halogens is 3. The first-order chi connectivity index (χ1) is 16.5. The van der Waals surface area contributed by atoms with E-state index < -0.39 is 35.2 Å². The van der Waals surface area contributed by atoms with E-state index in [1.807, 2.05) is 30.3 Å². The Morgan fingerprint density at radius 1 is 0.971 bits per heavy atom. The van der Waals surface area contributed by atoms with Crippen LogP contribution in [0.3, 0.4) is 0 Å². The third-order valence-corrected chi connectivity index (χ3v) is 9.14. The van der Waals surface area contributed by atoms with Gasteiger partial charge in [-0.15, -0.1) is 16.6 Å². The van der Waals surface area contributed by atoms with Crippen molar-refractivity contribution in [1.29, 1.82) is 0 Å².